The van der Waals surface area contributed by atoms with E-state index in [4.69, 9.17) is 23.2 Å². The first-order chi connectivity index (χ1) is 14.5. The summed E-state index contributed by atoms with van der Waals surface area (Å²) in [5, 5.41) is 3.58. The molecule has 4 rings (SSSR count). The Balaban J connectivity index is 0.000000580. The van der Waals surface area contributed by atoms with Gasteiger partial charge in [0.05, 0.1) is 0 Å². The molecule has 33 heavy (non-hydrogen) atoms. The van der Waals surface area contributed by atoms with Gasteiger partial charge >= 0.3 is 41.9 Å². The van der Waals surface area contributed by atoms with Crippen molar-refractivity contribution in [3.8, 4) is 11.1 Å². The van der Waals surface area contributed by atoms with Gasteiger partial charge in [0.2, 0.25) is 0 Å². The third-order valence-electron chi connectivity index (χ3n) is 5.42. The third-order valence-corrected chi connectivity index (χ3v) is 5.95. The molecule has 0 heterocycles. The fourth-order valence-electron chi connectivity index (χ4n) is 3.59. The number of benzene rings is 2. The van der Waals surface area contributed by atoms with Crippen molar-refractivity contribution in [1.82, 2.24) is 0 Å². The molecule has 1 aliphatic rings. The second-order valence-corrected chi connectivity index (χ2v) is 18.4. The summed E-state index contributed by atoms with van der Waals surface area (Å²) < 4.78 is 0. The van der Waals surface area contributed by atoms with Crippen LogP contribution in [0, 0.1) is 18.9 Å². The molecule has 0 saturated heterocycles. The van der Waals surface area contributed by atoms with Crippen molar-refractivity contribution in [1.29, 1.82) is 0 Å². The van der Waals surface area contributed by atoms with E-state index in [9.17, 15) is 0 Å². The fourth-order valence-corrected chi connectivity index (χ4v) is 4.14. The molecule has 0 N–H and O–H groups in total. The van der Waals surface area contributed by atoms with Crippen LogP contribution in [0.1, 0.15) is 33.3 Å². The van der Waals surface area contributed by atoms with Gasteiger partial charge in [-0.05, 0) is 5.02 Å². The van der Waals surface area contributed by atoms with E-state index in [1.807, 2.05) is 24.3 Å². The molecule has 3 aromatic rings. The summed E-state index contributed by atoms with van der Waals surface area (Å²) in [6.45, 7) is 15.4. The van der Waals surface area contributed by atoms with Crippen LogP contribution in [0.2, 0.25) is 23.1 Å². The smallest absolute Gasteiger partial charge is 0.0235 e. The molecule has 0 spiro atoms. The minimum atomic E-state index is 0. The van der Waals surface area contributed by atoms with E-state index in [0.29, 0.717) is 16.0 Å². The van der Waals surface area contributed by atoms with Crippen molar-refractivity contribution >= 4 is 64.2 Å². The Morgan fingerprint density at radius 3 is 1.94 bits per heavy atom. The van der Waals surface area contributed by atoms with Gasteiger partial charge in [0.15, 0.2) is 0 Å². The maximum atomic E-state index is 6.25. The maximum Gasteiger partial charge on any atom is 0.0235 e. The van der Waals surface area contributed by atoms with Crippen molar-refractivity contribution in [2.24, 2.45) is 5.92 Å². The van der Waals surface area contributed by atoms with Crippen LogP contribution in [0.3, 0.4) is 0 Å². The molecule has 0 fully saturated rings. The predicted octanol–water partition coefficient (Wildman–Crippen LogP) is 10.2. The van der Waals surface area contributed by atoms with Crippen LogP contribution < -0.4 is 0 Å². The van der Waals surface area contributed by atoms with Gasteiger partial charge in [-0.3, -0.25) is 6.08 Å². The molecule has 3 aromatic carbocycles. The second kappa shape index (κ2) is 15.0. The average Bonchev–Trinajstić information content (AvgIpc) is 3.13. The van der Waals surface area contributed by atoms with Crippen LogP contribution in [0.15, 0.2) is 65.3 Å². The van der Waals surface area contributed by atoms with Crippen LogP contribution in [-0.2, 0) is 23.3 Å². The largest absolute Gasteiger partial charge is 0.147 e. The number of aryl methyl sites for hydroxylation is 1. The number of halogens is 4. The normalized spacial score (nSPS) is 14.3. The zero-order valence-corrected chi connectivity index (χ0v) is 26.9. The minimum absolute atomic E-state index is 0. The summed E-state index contributed by atoms with van der Waals surface area (Å²) in [6.07, 6.45) is 3.36. The van der Waals surface area contributed by atoms with E-state index in [0.717, 1.165) is 10.8 Å². The molecule has 0 saturated carbocycles. The summed E-state index contributed by atoms with van der Waals surface area (Å²) in [6, 6.07) is 16.2. The Bertz CT molecular complexity index is 1140. The third kappa shape index (κ3) is 9.06. The van der Waals surface area contributed by atoms with Crippen LogP contribution in [-0.4, -0.2) is 5.43 Å². The van der Waals surface area contributed by atoms with Crippen LogP contribution in [0.25, 0.3) is 21.9 Å². The first-order valence-electron chi connectivity index (χ1n) is 10.4. The Kier molecular flexibility index (Phi) is 14.9. The molecule has 1 aliphatic carbocycles. The standard InChI is InChI=1S/C16H11Cl2.C9H13.C2H6Si.2ClH.Zr/c1-10-7-13-14(8-12(17)9-15(13)18)16(10)11-5-3-2-4-6-11;1-6-5-7(2)9(4)8(6)3;1-3-2;;;/h2-9H,1H3;6H,1-4H3;1-2H3;2*1H;/q2*-1;;;;+2. The van der Waals surface area contributed by atoms with E-state index < -0.39 is 0 Å². The molecule has 176 valence electrons. The van der Waals surface area contributed by atoms with Gasteiger partial charge in [0, 0.05) is 5.02 Å². The summed E-state index contributed by atoms with van der Waals surface area (Å²) in [4.78, 5) is 0. The van der Waals surface area contributed by atoms with Gasteiger partial charge in [-0.1, -0.05) is 93.2 Å². The van der Waals surface area contributed by atoms with E-state index in [-0.39, 0.29) is 30.2 Å². The molecule has 0 amide bonds. The van der Waals surface area contributed by atoms with Crippen LogP contribution in [0.5, 0.6) is 0 Å². The SMILES string of the molecule is CC1=[C-]C(C)C(C)=C1C.C[Si](C)=[Zr+2].Cc1[cH-]c2c(Cl)cc(Cl)cc2c1-c1ccccc1.Cl.Cl. The molecule has 1 unspecified atom stereocenters. The van der Waals surface area contributed by atoms with Crippen molar-refractivity contribution < 1.29 is 23.3 Å². The maximum absolute atomic E-state index is 6.25. The molecular formula is C27H32Cl4SiZr. The second-order valence-electron chi connectivity index (χ2n) is 8.22. The average molecular weight is 618 g/mol. The van der Waals surface area contributed by atoms with Crippen LogP contribution in [0.4, 0.5) is 0 Å². The first kappa shape index (κ1) is 32.8. The molecule has 0 nitrogen and oxygen atoms in total. The molecular weight excluding hydrogens is 585 g/mol. The van der Waals surface area contributed by atoms with E-state index in [1.54, 1.807) is 29.4 Å². The predicted molar refractivity (Wildman–Crippen MR) is 152 cm³/mol. The number of hydrogen-bond acceptors (Lipinski definition) is 0. The van der Waals surface area contributed by atoms with Crippen molar-refractivity contribution in [3.05, 3.63) is 86.9 Å². The summed E-state index contributed by atoms with van der Waals surface area (Å²) in [7, 11) is 0. The minimum Gasteiger partial charge on any atom is -0.147 e. The Hall–Kier alpha value is -0.210. The monoisotopic (exact) mass is 614 g/mol. The van der Waals surface area contributed by atoms with E-state index >= 15 is 0 Å². The first-order valence-corrected chi connectivity index (χ1v) is 17.4. The quantitative estimate of drug-likeness (QED) is 0.188. The Labute approximate surface area is 237 Å². The molecule has 0 radical (unpaired) electrons. The van der Waals surface area contributed by atoms with Crippen LogP contribution >= 0.6 is 48.0 Å². The summed E-state index contributed by atoms with van der Waals surface area (Å²) in [5.41, 5.74) is 8.09. The molecule has 0 aromatic heterocycles. The van der Waals surface area contributed by atoms with E-state index in [1.165, 1.54) is 33.4 Å². The van der Waals surface area contributed by atoms with Gasteiger partial charge in [0.1, 0.15) is 0 Å². The fraction of sp³-hybridized carbons (Fsp3) is 0.296. The Morgan fingerprint density at radius 2 is 1.52 bits per heavy atom. The van der Waals surface area contributed by atoms with Gasteiger partial charge in [-0.15, -0.1) is 71.3 Å². The molecule has 0 aliphatic heterocycles. The van der Waals surface area contributed by atoms with Gasteiger partial charge in [-0.2, -0.15) is 11.1 Å². The van der Waals surface area contributed by atoms with Crippen molar-refractivity contribution in [2.75, 3.05) is 0 Å². The molecule has 1 atom stereocenters. The van der Waals surface area contributed by atoms with Crippen molar-refractivity contribution in [3.63, 3.8) is 0 Å². The zero-order valence-electron chi connectivity index (χ0n) is 20.3. The van der Waals surface area contributed by atoms with Crippen molar-refractivity contribution in [2.45, 2.75) is 47.7 Å². The number of hydrogen-bond donors (Lipinski definition) is 0. The number of allylic oxidation sites excluding steroid dienone is 4. The van der Waals surface area contributed by atoms with Gasteiger partial charge < -0.3 is 0 Å². The summed E-state index contributed by atoms with van der Waals surface area (Å²) >= 11 is 14.1. The number of rotatable bonds is 1. The molecule has 0 bridgehead atoms. The van der Waals surface area contributed by atoms with E-state index in [2.05, 4.69) is 72.0 Å². The van der Waals surface area contributed by atoms with Gasteiger partial charge in [-0.25, -0.2) is 5.57 Å². The van der Waals surface area contributed by atoms with Gasteiger partial charge in [0.25, 0.3) is 0 Å². The summed E-state index contributed by atoms with van der Waals surface area (Å²) in [5.74, 6) is 0.560. The molecule has 6 heteroatoms. The zero-order chi connectivity index (χ0) is 23.3. The topological polar surface area (TPSA) is 0 Å². The Morgan fingerprint density at radius 1 is 0.970 bits per heavy atom. The number of fused-ring (bicyclic) bond motifs is 1.